The Morgan fingerprint density at radius 1 is 1.19 bits per heavy atom. The van der Waals surface area contributed by atoms with Gasteiger partial charge in [-0.05, 0) is 64.1 Å². The van der Waals surface area contributed by atoms with Crippen molar-refractivity contribution in [3.05, 3.63) is 35.9 Å². The van der Waals surface area contributed by atoms with Crippen molar-refractivity contribution >= 4 is 11.9 Å². The molecule has 1 aromatic carbocycles. The first-order valence-corrected chi connectivity index (χ1v) is 11.8. The fraction of sp³-hybridized carbons (Fsp3) is 0.640. The lowest BCUT2D eigenvalue weighted by molar-refractivity contribution is -0.121. The van der Waals surface area contributed by atoms with E-state index in [4.69, 9.17) is 5.26 Å². The molecule has 172 valence electrons. The Morgan fingerprint density at radius 3 is 2.44 bits per heavy atom. The number of carbonyl (C=O) groups excluding carboxylic acids is 2. The second-order valence-corrected chi connectivity index (χ2v) is 10.00. The van der Waals surface area contributed by atoms with E-state index in [0.29, 0.717) is 12.5 Å². The minimum absolute atomic E-state index is 0.0129. The highest BCUT2D eigenvalue weighted by Gasteiger charge is 2.55. The Bertz CT molecular complexity index is 866. The summed E-state index contributed by atoms with van der Waals surface area (Å²) in [5, 5.41) is 11.3. The highest BCUT2D eigenvalue weighted by atomic mass is 16.2. The zero-order valence-corrected chi connectivity index (χ0v) is 19.3. The third-order valence-corrected chi connectivity index (χ3v) is 8.10. The Morgan fingerprint density at radius 2 is 1.88 bits per heavy atom. The van der Waals surface area contributed by atoms with Gasteiger partial charge in [0.2, 0.25) is 5.91 Å². The molecular formula is C25H35N5O2. The summed E-state index contributed by atoms with van der Waals surface area (Å²) in [4.78, 5) is 31.8. The van der Waals surface area contributed by atoms with Gasteiger partial charge < -0.3 is 15.1 Å². The van der Waals surface area contributed by atoms with E-state index < -0.39 is 0 Å². The molecule has 3 aliphatic rings. The fourth-order valence-corrected chi connectivity index (χ4v) is 5.88. The number of nitriles is 1. The summed E-state index contributed by atoms with van der Waals surface area (Å²) in [7, 11) is 4.31. The summed E-state index contributed by atoms with van der Waals surface area (Å²) in [5.74, 6) is 0.320. The smallest absolute Gasteiger partial charge is 0.321 e. The number of urea groups is 1. The van der Waals surface area contributed by atoms with Gasteiger partial charge in [0.15, 0.2) is 0 Å². The second kappa shape index (κ2) is 9.11. The summed E-state index contributed by atoms with van der Waals surface area (Å²) in [6, 6.07) is 12.6. The van der Waals surface area contributed by atoms with Crippen LogP contribution in [0.3, 0.4) is 0 Å². The molecule has 0 aromatic heterocycles. The molecule has 3 amide bonds. The maximum absolute atomic E-state index is 13.4. The van der Waals surface area contributed by atoms with Crippen molar-refractivity contribution in [1.82, 2.24) is 20.0 Å². The van der Waals surface area contributed by atoms with Crippen LogP contribution < -0.4 is 5.32 Å². The molecule has 0 atom stereocenters. The van der Waals surface area contributed by atoms with Crippen LogP contribution in [0.15, 0.2) is 30.3 Å². The summed E-state index contributed by atoms with van der Waals surface area (Å²) in [5.41, 5.74) is 1.09. The van der Waals surface area contributed by atoms with Gasteiger partial charge in [-0.1, -0.05) is 36.8 Å². The van der Waals surface area contributed by atoms with Gasteiger partial charge in [0, 0.05) is 18.6 Å². The highest BCUT2D eigenvalue weighted by Crippen LogP contribution is 2.49. The fourth-order valence-electron chi connectivity index (χ4n) is 5.88. The molecule has 0 bridgehead atoms. The molecular weight excluding hydrogens is 402 g/mol. The molecule has 1 aliphatic heterocycles. The quantitative estimate of drug-likeness (QED) is 0.665. The van der Waals surface area contributed by atoms with Crippen molar-refractivity contribution in [2.24, 2.45) is 5.92 Å². The van der Waals surface area contributed by atoms with Crippen LogP contribution in [0.4, 0.5) is 4.79 Å². The Hall–Kier alpha value is -2.59. The number of nitrogens with zero attached hydrogens (tertiary/aromatic N) is 4. The van der Waals surface area contributed by atoms with Crippen molar-refractivity contribution in [1.29, 1.82) is 5.26 Å². The molecule has 1 N–H and O–H groups in total. The number of rotatable bonds is 7. The number of benzene rings is 1. The zero-order valence-electron chi connectivity index (χ0n) is 19.3. The van der Waals surface area contributed by atoms with Crippen molar-refractivity contribution in [2.75, 3.05) is 40.3 Å². The van der Waals surface area contributed by atoms with E-state index >= 15 is 0 Å². The molecule has 1 saturated heterocycles. The number of hydrogen-bond acceptors (Lipinski definition) is 4. The van der Waals surface area contributed by atoms with Crippen LogP contribution in [-0.4, -0.2) is 72.5 Å². The molecule has 1 heterocycles. The predicted octanol–water partition coefficient (Wildman–Crippen LogP) is 2.93. The van der Waals surface area contributed by atoms with Crippen LogP contribution in [0.1, 0.15) is 50.5 Å². The van der Waals surface area contributed by atoms with Gasteiger partial charge in [0.05, 0.1) is 11.6 Å². The van der Waals surface area contributed by atoms with E-state index in [1.54, 1.807) is 4.90 Å². The largest absolute Gasteiger partial charge is 0.341 e. The lowest BCUT2D eigenvalue weighted by Gasteiger charge is -2.51. The molecule has 0 unspecified atom stereocenters. The molecule has 4 rings (SSSR count). The monoisotopic (exact) mass is 437 g/mol. The first-order chi connectivity index (χ1) is 15.4. The van der Waals surface area contributed by atoms with E-state index in [1.807, 2.05) is 6.07 Å². The number of hydrogen-bond donors (Lipinski definition) is 1. The molecule has 7 nitrogen and oxygen atoms in total. The predicted molar refractivity (Wildman–Crippen MR) is 123 cm³/mol. The van der Waals surface area contributed by atoms with Crippen LogP contribution in [0.25, 0.3) is 0 Å². The maximum atomic E-state index is 13.4. The molecule has 2 saturated carbocycles. The van der Waals surface area contributed by atoms with Gasteiger partial charge in [-0.3, -0.25) is 9.69 Å². The molecule has 7 heteroatoms. The van der Waals surface area contributed by atoms with Crippen LogP contribution in [0.2, 0.25) is 0 Å². The summed E-state index contributed by atoms with van der Waals surface area (Å²) < 4.78 is 0. The second-order valence-electron chi connectivity index (χ2n) is 10.00. The molecule has 1 spiro atoms. The Balaban J connectivity index is 1.55. The van der Waals surface area contributed by atoms with E-state index in [1.165, 1.54) is 24.8 Å². The molecule has 3 fully saturated rings. The van der Waals surface area contributed by atoms with Crippen molar-refractivity contribution < 1.29 is 9.59 Å². The number of amides is 3. The minimum Gasteiger partial charge on any atom is -0.341 e. The molecule has 2 aliphatic carbocycles. The van der Waals surface area contributed by atoms with Gasteiger partial charge in [-0.2, -0.15) is 5.26 Å². The van der Waals surface area contributed by atoms with E-state index in [0.717, 1.165) is 32.2 Å². The lowest BCUT2D eigenvalue weighted by atomic mass is 9.68. The zero-order chi connectivity index (χ0) is 22.8. The summed E-state index contributed by atoms with van der Waals surface area (Å²) >= 11 is 0. The standard InChI is InChI=1S/C25H35N5O2/c1-28(2)25(21-9-4-3-5-10-21)13-11-24(12-14-25)19-29(18-22(31)27-16-15-26)23(32)30(24)17-20-7-6-8-20/h3-5,9-10,20H,6-8,11-14,16-19H2,1-2H3,(H,27,31)/t24-,25+. The maximum Gasteiger partial charge on any atom is 0.321 e. The van der Waals surface area contributed by atoms with Crippen molar-refractivity contribution in [3.63, 3.8) is 0 Å². The van der Waals surface area contributed by atoms with E-state index in [-0.39, 0.29) is 36.1 Å². The van der Waals surface area contributed by atoms with Crippen LogP contribution in [0.5, 0.6) is 0 Å². The van der Waals surface area contributed by atoms with Gasteiger partial charge in [0.25, 0.3) is 0 Å². The van der Waals surface area contributed by atoms with Crippen LogP contribution in [0, 0.1) is 17.2 Å². The van der Waals surface area contributed by atoms with Crippen LogP contribution >= 0.6 is 0 Å². The van der Waals surface area contributed by atoms with Gasteiger partial charge >= 0.3 is 6.03 Å². The number of carbonyl (C=O) groups is 2. The first kappa shape index (κ1) is 22.6. The van der Waals surface area contributed by atoms with E-state index in [2.05, 4.69) is 59.5 Å². The SMILES string of the molecule is CN(C)[C@]1(c2ccccc2)CC[C@]2(CC1)CN(CC(=O)NCC#N)C(=O)N2CC1CCC1. The van der Waals surface area contributed by atoms with Gasteiger partial charge in [0.1, 0.15) is 13.1 Å². The number of nitrogens with one attached hydrogen (secondary N) is 1. The Labute approximate surface area is 191 Å². The molecule has 1 aromatic rings. The van der Waals surface area contributed by atoms with Crippen molar-refractivity contribution in [3.8, 4) is 6.07 Å². The topological polar surface area (TPSA) is 79.7 Å². The highest BCUT2D eigenvalue weighted by molar-refractivity contribution is 5.86. The summed E-state index contributed by atoms with van der Waals surface area (Å²) in [6.45, 7) is 1.40. The third-order valence-electron chi connectivity index (χ3n) is 8.10. The van der Waals surface area contributed by atoms with E-state index in [9.17, 15) is 9.59 Å². The molecule has 0 radical (unpaired) electrons. The average molecular weight is 438 g/mol. The van der Waals surface area contributed by atoms with Crippen LogP contribution in [-0.2, 0) is 10.3 Å². The van der Waals surface area contributed by atoms with Gasteiger partial charge in [-0.25, -0.2) is 4.79 Å². The average Bonchev–Trinajstić information content (AvgIpc) is 3.00. The van der Waals surface area contributed by atoms with Crippen molar-refractivity contribution in [2.45, 2.75) is 56.0 Å². The van der Waals surface area contributed by atoms with Gasteiger partial charge in [-0.15, -0.1) is 0 Å². The Kier molecular flexibility index (Phi) is 6.43. The third kappa shape index (κ3) is 4.09. The first-order valence-electron chi connectivity index (χ1n) is 11.8. The summed E-state index contributed by atoms with van der Waals surface area (Å²) in [6.07, 6.45) is 7.43. The lowest BCUT2D eigenvalue weighted by Crippen LogP contribution is -2.56. The normalized spacial score (nSPS) is 28.1. The molecule has 32 heavy (non-hydrogen) atoms. The minimum atomic E-state index is -0.261.